The van der Waals surface area contributed by atoms with Crippen LogP contribution >= 0.6 is 15.6 Å². The minimum absolute atomic E-state index is 0.103. The van der Waals surface area contributed by atoms with Gasteiger partial charge in [-0.1, -0.05) is 350 Å². The Bertz CT molecular complexity index is 1890. The minimum Gasteiger partial charge on any atom is -0.462 e. The third kappa shape index (κ3) is 70.9. The number of hydrogen-bond acceptors (Lipinski definition) is 15. The van der Waals surface area contributed by atoms with E-state index in [2.05, 4.69) is 48.5 Å². The van der Waals surface area contributed by atoms with Crippen molar-refractivity contribution in [3.05, 3.63) is 0 Å². The van der Waals surface area contributed by atoms with Crippen molar-refractivity contribution in [2.75, 3.05) is 39.6 Å². The van der Waals surface area contributed by atoms with E-state index in [-0.39, 0.29) is 25.7 Å². The molecule has 0 spiro atoms. The summed E-state index contributed by atoms with van der Waals surface area (Å²) in [7, 11) is -9.91. The number of aliphatic hydroxyl groups is 1. The van der Waals surface area contributed by atoms with Gasteiger partial charge < -0.3 is 33.8 Å². The number of unbranched alkanes of at least 4 members (excludes halogenated alkanes) is 43. The van der Waals surface area contributed by atoms with E-state index in [4.69, 9.17) is 37.0 Å². The molecule has 0 saturated carbocycles. The highest BCUT2D eigenvalue weighted by Crippen LogP contribution is 2.45. The van der Waals surface area contributed by atoms with E-state index in [1.165, 1.54) is 212 Å². The van der Waals surface area contributed by atoms with Gasteiger partial charge in [-0.25, -0.2) is 9.13 Å². The van der Waals surface area contributed by atoms with E-state index in [1.54, 1.807) is 0 Å². The number of aliphatic hydroxyl groups excluding tert-OH is 1. The van der Waals surface area contributed by atoms with E-state index in [1.807, 2.05) is 0 Å². The van der Waals surface area contributed by atoms with Gasteiger partial charge in [-0.05, 0) is 43.4 Å². The van der Waals surface area contributed by atoms with E-state index in [0.717, 1.165) is 108 Å². The Hall–Kier alpha value is -1.94. The summed E-state index contributed by atoms with van der Waals surface area (Å²) >= 11 is 0. The van der Waals surface area contributed by atoms with Crippen LogP contribution in [-0.4, -0.2) is 96.7 Å². The van der Waals surface area contributed by atoms with Gasteiger partial charge in [0.15, 0.2) is 12.2 Å². The van der Waals surface area contributed by atoms with Gasteiger partial charge >= 0.3 is 39.5 Å². The summed E-state index contributed by atoms with van der Waals surface area (Å²) in [5, 5.41) is 10.6. The Kier molecular flexibility index (Phi) is 67.1. The molecule has 0 aromatic rings. The lowest BCUT2D eigenvalue weighted by Crippen LogP contribution is -2.30. The van der Waals surface area contributed by atoms with Gasteiger partial charge in [0.05, 0.1) is 26.4 Å². The number of hydrogen-bond donors (Lipinski definition) is 3. The number of ether oxygens (including phenoxy) is 4. The van der Waals surface area contributed by atoms with Crippen LogP contribution in [0.3, 0.4) is 0 Å². The van der Waals surface area contributed by atoms with Gasteiger partial charge in [0.25, 0.3) is 0 Å². The smallest absolute Gasteiger partial charge is 0.462 e. The van der Waals surface area contributed by atoms with Crippen molar-refractivity contribution in [1.82, 2.24) is 0 Å². The molecule has 0 saturated heterocycles. The predicted molar refractivity (Wildman–Crippen MR) is 395 cm³/mol. The Morgan fingerprint density at radius 2 is 0.526 bits per heavy atom. The molecule has 17 nitrogen and oxygen atoms in total. The maximum absolute atomic E-state index is 13.1. The Labute approximate surface area is 594 Å². The summed E-state index contributed by atoms with van der Waals surface area (Å²) in [4.78, 5) is 72.8. The average molecular weight is 1420 g/mol. The highest BCUT2D eigenvalue weighted by molar-refractivity contribution is 7.47. The molecule has 0 radical (unpaired) electrons. The Morgan fingerprint density at radius 1 is 0.299 bits per heavy atom. The normalized spacial score (nSPS) is 14.3. The molecule has 19 heteroatoms. The van der Waals surface area contributed by atoms with Crippen LogP contribution in [0.5, 0.6) is 0 Å². The lowest BCUT2D eigenvalue weighted by molar-refractivity contribution is -0.161. The molecule has 3 N–H and O–H groups in total. The zero-order chi connectivity index (χ0) is 71.6. The van der Waals surface area contributed by atoms with E-state index < -0.39 is 97.5 Å². The molecule has 0 amide bonds. The first kappa shape index (κ1) is 95.1. The number of carbonyl (C=O) groups excluding carboxylic acids is 4. The van der Waals surface area contributed by atoms with Crippen molar-refractivity contribution in [3.63, 3.8) is 0 Å². The summed E-state index contributed by atoms with van der Waals surface area (Å²) < 4.78 is 68.5. The lowest BCUT2D eigenvalue weighted by Gasteiger charge is -2.21. The van der Waals surface area contributed by atoms with Gasteiger partial charge in [0.2, 0.25) is 0 Å². The van der Waals surface area contributed by atoms with Gasteiger partial charge in [-0.15, -0.1) is 0 Å². The van der Waals surface area contributed by atoms with Crippen molar-refractivity contribution < 1.29 is 80.2 Å². The standard InChI is InChI=1S/C78H152O17P2/c1-8-10-11-12-13-14-32-37-45-52-59-75(80)89-66-74(95-78(83)62-55-48-41-40-44-51-58-71(7)9-2)68-93-97(86,87)91-64-72(79)63-90-96(84,85)92-67-73(65-88-76(81)60-53-46-38-33-28-24-21-17-19-23-27-31-36-43-50-57-70(5)6)94-77(82)61-54-47-39-34-29-25-20-16-15-18-22-26-30-35-42-49-56-69(3)4/h69-74,79H,8-68H2,1-7H3,(H,84,85)(H,86,87)/t71?,72-,73-,74-/m1/s1. The van der Waals surface area contributed by atoms with Crippen LogP contribution in [0.4, 0.5) is 0 Å². The third-order valence-corrected chi connectivity index (χ3v) is 20.4. The Morgan fingerprint density at radius 3 is 0.784 bits per heavy atom. The van der Waals surface area contributed by atoms with Crippen molar-refractivity contribution in [2.45, 2.75) is 420 Å². The molecule has 0 aromatic carbocycles. The van der Waals surface area contributed by atoms with Crippen LogP contribution in [0, 0.1) is 17.8 Å². The van der Waals surface area contributed by atoms with Crippen molar-refractivity contribution in [1.29, 1.82) is 0 Å². The van der Waals surface area contributed by atoms with Gasteiger partial charge in [0.1, 0.15) is 19.3 Å². The monoisotopic (exact) mass is 1420 g/mol. The van der Waals surface area contributed by atoms with Gasteiger partial charge in [-0.2, -0.15) is 0 Å². The quantitative estimate of drug-likeness (QED) is 0.0222. The summed E-state index contributed by atoms with van der Waals surface area (Å²) in [5.74, 6) is 0.218. The molecule has 3 unspecified atom stereocenters. The maximum atomic E-state index is 13.1. The number of rotatable bonds is 76. The van der Waals surface area contributed by atoms with Crippen LogP contribution in [-0.2, 0) is 65.4 Å². The molecular weight excluding hydrogens is 1270 g/mol. The second-order valence-corrected chi connectivity index (χ2v) is 32.2. The first-order chi connectivity index (χ1) is 46.8. The fourth-order valence-corrected chi connectivity index (χ4v) is 13.5. The second kappa shape index (κ2) is 68.5. The largest absolute Gasteiger partial charge is 0.472 e. The molecule has 6 atom stereocenters. The molecule has 576 valence electrons. The molecule has 0 heterocycles. The van der Waals surface area contributed by atoms with E-state index in [9.17, 15) is 43.2 Å². The van der Waals surface area contributed by atoms with Crippen LogP contribution in [0.25, 0.3) is 0 Å². The van der Waals surface area contributed by atoms with Crippen LogP contribution in [0.2, 0.25) is 0 Å². The molecule has 0 aliphatic heterocycles. The molecule has 0 aliphatic carbocycles. The number of phosphoric ester groups is 2. The summed E-state index contributed by atoms with van der Waals surface area (Å²) in [5.41, 5.74) is 0. The molecule has 0 aliphatic rings. The van der Waals surface area contributed by atoms with Crippen molar-refractivity contribution in [3.8, 4) is 0 Å². The maximum Gasteiger partial charge on any atom is 0.472 e. The van der Waals surface area contributed by atoms with Crippen LogP contribution in [0.1, 0.15) is 402 Å². The van der Waals surface area contributed by atoms with Crippen LogP contribution in [0.15, 0.2) is 0 Å². The molecule has 97 heavy (non-hydrogen) atoms. The number of phosphoric acid groups is 2. The SMILES string of the molecule is CCCCCCCCCCCCC(=O)OC[C@H](COP(=O)(O)OC[C@H](O)COP(=O)(O)OC[C@@H](COC(=O)CCCCCCCCCCCCCCCCCC(C)C)OC(=O)CCCCCCCCCCCCCCCCCCC(C)C)OC(=O)CCCCCCCCC(C)CC. The fraction of sp³-hybridized carbons (Fsp3) is 0.949. The minimum atomic E-state index is -4.96. The molecular formula is C78H152O17P2. The van der Waals surface area contributed by atoms with E-state index >= 15 is 0 Å². The van der Waals surface area contributed by atoms with Crippen molar-refractivity contribution >= 4 is 39.5 Å². The summed E-state index contributed by atoms with van der Waals surface area (Å²) in [6.45, 7) is 11.9. The van der Waals surface area contributed by atoms with Crippen LogP contribution < -0.4 is 0 Å². The van der Waals surface area contributed by atoms with Gasteiger partial charge in [0, 0.05) is 25.7 Å². The topological polar surface area (TPSA) is 237 Å². The van der Waals surface area contributed by atoms with E-state index in [0.29, 0.717) is 25.7 Å². The summed E-state index contributed by atoms with van der Waals surface area (Å²) in [6.07, 6.45) is 55.6. The zero-order valence-corrected chi connectivity index (χ0v) is 65.3. The first-order valence-electron chi connectivity index (χ1n) is 40.4. The zero-order valence-electron chi connectivity index (χ0n) is 63.5. The highest BCUT2D eigenvalue weighted by atomic mass is 31.2. The fourth-order valence-electron chi connectivity index (χ4n) is 11.9. The Balaban J connectivity index is 5.21. The molecule has 0 rings (SSSR count). The molecule has 0 aromatic heterocycles. The summed E-state index contributed by atoms with van der Waals surface area (Å²) in [6, 6.07) is 0. The second-order valence-electron chi connectivity index (χ2n) is 29.3. The van der Waals surface area contributed by atoms with Gasteiger partial charge in [-0.3, -0.25) is 37.3 Å². The first-order valence-corrected chi connectivity index (χ1v) is 43.4. The molecule has 0 bridgehead atoms. The average Bonchev–Trinajstić information content (AvgIpc) is 1.61. The predicted octanol–water partition coefficient (Wildman–Crippen LogP) is 23.0. The van der Waals surface area contributed by atoms with Crippen molar-refractivity contribution in [2.24, 2.45) is 17.8 Å². The third-order valence-electron chi connectivity index (χ3n) is 18.5. The number of esters is 4. The highest BCUT2D eigenvalue weighted by Gasteiger charge is 2.30. The number of carbonyl (C=O) groups is 4. The lowest BCUT2D eigenvalue weighted by atomic mass is 10.00. The molecule has 0 fully saturated rings.